The molecule has 2 rings (SSSR count). The first-order valence-corrected chi connectivity index (χ1v) is 7.74. The van der Waals surface area contributed by atoms with E-state index in [4.69, 9.17) is 0 Å². The number of halogens is 1. The summed E-state index contributed by atoms with van der Waals surface area (Å²) in [7, 11) is 0. The van der Waals surface area contributed by atoms with Crippen molar-refractivity contribution in [3.63, 3.8) is 0 Å². The van der Waals surface area contributed by atoms with Gasteiger partial charge in [0.05, 0.1) is 4.47 Å². The molecule has 0 amide bonds. The first-order chi connectivity index (χ1) is 8.58. The smallest absolute Gasteiger partial charge is 0.142 e. The van der Waals surface area contributed by atoms with E-state index in [1.165, 1.54) is 24.8 Å². The van der Waals surface area contributed by atoms with Gasteiger partial charge in [-0.1, -0.05) is 13.8 Å². The zero-order chi connectivity index (χ0) is 13.1. The van der Waals surface area contributed by atoms with Gasteiger partial charge in [0.2, 0.25) is 0 Å². The lowest BCUT2D eigenvalue weighted by Crippen LogP contribution is -2.25. The number of nitrogens with zero attached hydrogens (tertiary/aromatic N) is 2. The molecule has 2 nitrogen and oxygen atoms in total. The second-order valence-electron chi connectivity index (χ2n) is 5.74. The van der Waals surface area contributed by atoms with E-state index >= 15 is 0 Å². The fraction of sp³-hybridized carbons (Fsp3) is 0.667. The predicted octanol–water partition coefficient (Wildman–Crippen LogP) is 4.42. The summed E-state index contributed by atoms with van der Waals surface area (Å²) in [6, 6.07) is 2.16. The van der Waals surface area contributed by atoms with Gasteiger partial charge in [-0.25, -0.2) is 4.98 Å². The normalized spacial score (nSPS) is 21.2. The van der Waals surface area contributed by atoms with Crippen molar-refractivity contribution >= 4 is 21.7 Å². The van der Waals surface area contributed by atoms with E-state index < -0.39 is 0 Å². The van der Waals surface area contributed by atoms with E-state index in [0.29, 0.717) is 0 Å². The minimum absolute atomic E-state index is 0.805. The third-order valence-corrected chi connectivity index (χ3v) is 4.56. The number of aryl methyl sites for hydroxylation is 1. The van der Waals surface area contributed by atoms with Crippen molar-refractivity contribution in [2.24, 2.45) is 11.8 Å². The molecule has 1 aromatic heterocycles. The van der Waals surface area contributed by atoms with Crippen LogP contribution in [0, 0.1) is 18.8 Å². The molecule has 1 unspecified atom stereocenters. The Hall–Kier alpha value is -0.570. The van der Waals surface area contributed by atoms with Gasteiger partial charge in [0.15, 0.2) is 0 Å². The minimum atomic E-state index is 0.805. The fourth-order valence-electron chi connectivity index (χ4n) is 2.76. The molecule has 3 heteroatoms. The summed E-state index contributed by atoms with van der Waals surface area (Å²) in [6.07, 6.45) is 5.90. The standard InChI is InChI=1S/C15H23BrN2/c1-11(2)13-5-4-7-18(8-6-13)15-14(16)9-12(3)10-17-15/h9-11,13H,4-8H2,1-3H3. The first-order valence-electron chi connectivity index (χ1n) is 6.95. The van der Waals surface area contributed by atoms with Crippen molar-refractivity contribution in [3.05, 3.63) is 22.3 Å². The molecule has 0 aromatic carbocycles. The van der Waals surface area contributed by atoms with Crippen LogP contribution in [-0.2, 0) is 0 Å². The molecule has 1 aliphatic heterocycles. The molecule has 0 radical (unpaired) electrons. The molecule has 0 N–H and O–H groups in total. The molecule has 2 heterocycles. The highest BCUT2D eigenvalue weighted by Crippen LogP contribution is 2.30. The molecule has 100 valence electrons. The third-order valence-electron chi connectivity index (χ3n) is 3.97. The van der Waals surface area contributed by atoms with Crippen molar-refractivity contribution in [2.45, 2.75) is 40.0 Å². The highest BCUT2D eigenvalue weighted by Gasteiger charge is 2.21. The summed E-state index contributed by atoms with van der Waals surface area (Å²) in [6.45, 7) is 9.05. The quantitative estimate of drug-likeness (QED) is 0.804. The summed E-state index contributed by atoms with van der Waals surface area (Å²) in [5, 5.41) is 0. The van der Waals surface area contributed by atoms with Crippen LogP contribution < -0.4 is 4.90 Å². The summed E-state index contributed by atoms with van der Waals surface area (Å²) in [5.74, 6) is 2.79. The van der Waals surface area contributed by atoms with Crippen LogP contribution in [0.25, 0.3) is 0 Å². The van der Waals surface area contributed by atoms with Gasteiger partial charge in [-0.3, -0.25) is 0 Å². The van der Waals surface area contributed by atoms with Gasteiger partial charge in [-0.2, -0.15) is 0 Å². The lowest BCUT2D eigenvalue weighted by atomic mass is 9.89. The lowest BCUT2D eigenvalue weighted by Gasteiger charge is -2.23. The number of hydrogen-bond acceptors (Lipinski definition) is 2. The van der Waals surface area contributed by atoms with Gasteiger partial charge in [-0.05, 0) is 65.6 Å². The molecule has 0 aliphatic carbocycles. The number of anilines is 1. The zero-order valence-electron chi connectivity index (χ0n) is 11.6. The van der Waals surface area contributed by atoms with E-state index in [0.717, 1.165) is 35.2 Å². The Morgan fingerprint density at radius 1 is 1.33 bits per heavy atom. The molecule has 1 aromatic rings. The molecular formula is C15H23BrN2. The Morgan fingerprint density at radius 3 is 2.78 bits per heavy atom. The zero-order valence-corrected chi connectivity index (χ0v) is 13.2. The van der Waals surface area contributed by atoms with E-state index in [1.54, 1.807) is 0 Å². The van der Waals surface area contributed by atoms with E-state index in [-0.39, 0.29) is 0 Å². The third kappa shape index (κ3) is 3.25. The highest BCUT2D eigenvalue weighted by atomic mass is 79.9. The van der Waals surface area contributed by atoms with Gasteiger partial charge in [-0.15, -0.1) is 0 Å². The summed E-state index contributed by atoms with van der Waals surface area (Å²) in [4.78, 5) is 7.03. The van der Waals surface area contributed by atoms with Crippen LogP contribution in [0.3, 0.4) is 0 Å². The molecular weight excluding hydrogens is 288 g/mol. The van der Waals surface area contributed by atoms with Crippen LogP contribution >= 0.6 is 15.9 Å². The topological polar surface area (TPSA) is 16.1 Å². The number of rotatable bonds is 2. The van der Waals surface area contributed by atoms with Crippen molar-refractivity contribution in [1.82, 2.24) is 4.98 Å². The number of hydrogen-bond donors (Lipinski definition) is 0. The molecule has 0 bridgehead atoms. The fourth-order valence-corrected chi connectivity index (χ4v) is 3.47. The molecule has 0 saturated carbocycles. The van der Waals surface area contributed by atoms with Crippen LogP contribution in [-0.4, -0.2) is 18.1 Å². The van der Waals surface area contributed by atoms with Gasteiger partial charge < -0.3 is 4.90 Å². The highest BCUT2D eigenvalue weighted by molar-refractivity contribution is 9.10. The molecule has 0 spiro atoms. The van der Waals surface area contributed by atoms with Crippen LogP contribution in [0.5, 0.6) is 0 Å². The minimum Gasteiger partial charge on any atom is -0.356 e. The Labute approximate surface area is 119 Å². The van der Waals surface area contributed by atoms with Crippen molar-refractivity contribution < 1.29 is 0 Å². The average Bonchev–Trinajstić information content (AvgIpc) is 2.54. The van der Waals surface area contributed by atoms with Gasteiger partial charge in [0.25, 0.3) is 0 Å². The monoisotopic (exact) mass is 310 g/mol. The van der Waals surface area contributed by atoms with Crippen LogP contribution in [0.4, 0.5) is 5.82 Å². The van der Waals surface area contributed by atoms with Crippen LogP contribution in [0.2, 0.25) is 0 Å². The lowest BCUT2D eigenvalue weighted by molar-refractivity contribution is 0.351. The maximum atomic E-state index is 4.59. The van der Waals surface area contributed by atoms with Gasteiger partial charge in [0.1, 0.15) is 5.82 Å². The Balaban J connectivity index is 2.10. The Morgan fingerprint density at radius 2 is 2.11 bits per heavy atom. The van der Waals surface area contributed by atoms with Crippen molar-refractivity contribution in [3.8, 4) is 0 Å². The van der Waals surface area contributed by atoms with Crippen LogP contribution in [0.1, 0.15) is 38.7 Å². The van der Waals surface area contributed by atoms with Gasteiger partial charge >= 0.3 is 0 Å². The SMILES string of the molecule is Cc1cnc(N2CCCC(C(C)C)CC2)c(Br)c1. The number of pyridine rings is 1. The molecule has 1 aliphatic rings. The summed E-state index contributed by atoms with van der Waals surface area (Å²) >= 11 is 3.65. The largest absolute Gasteiger partial charge is 0.356 e. The van der Waals surface area contributed by atoms with E-state index in [2.05, 4.69) is 52.7 Å². The van der Waals surface area contributed by atoms with Crippen molar-refractivity contribution in [1.29, 1.82) is 0 Å². The second kappa shape index (κ2) is 6.05. The Bertz CT molecular complexity index is 403. The molecule has 1 fully saturated rings. The summed E-state index contributed by atoms with van der Waals surface area (Å²) < 4.78 is 1.13. The predicted molar refractivity (Wildman–Crippen MR) is 81.1 cm³/mol. The van der Waals surface area contributed by atoms with E-state index in [1.807, 2.05) is 6.20 Å². The number of aromatic nitrogens is 1. The summed E-state index contributed by atoms with van der Waals surface area (Å²) in [5.41, 5.74) is 1.21. The maximum Gasteiger partial charge on any atom is 0.142 e. The van der Waals surface area contributed by atoms with Crippen molar-refractivity contribution in [2.75, 3.05) is 18.0 Å². The van der Waals surface area contributed by atoms with Gasteiger partial charge in [0, 0.05) is 19.3 Å². The van der Waals surface area contributed by atoms with E-state index in [9.17, 15) is 0 Å². The Kier molecular flexibility index (Phi) is 4.66. The molecule has 18 heavy (non-hydrogen) atoms. The van der Waals surface area contributed by atoms with Crippen LogP contribution in [0.15, 0.2) is 16.7 Å². The molecule has 1 saturated heterocycles. The maximum absolute atomic E-state index is 4.59. The second-order valence-corrected chi connectivity index (χ2v) is 6.59. The first kappa shape index (κ1) is 13.9. The average molecular weight is 311 g/mol. The molecule has 1 atom stereocenters.